The number of ether oxygens (including phenoxy) is 1. The van der Waals surface area contributed by atoms with Gasteiger partial charge >= 0.3 is 6.18 Å². The number of rotatable bonds is 7. The highest BCUT2D eigenvalue weighted by Gasteiger charge is 2.80. The Hall–Kier alpha value is -4.16. The lowest BCUT2D eigenvalue weighted by Crippen LogP contribution is -2.38. The highest BCUT2D eigenvalue weighted by molar-refractivity contribution is 5.96. The molecule has 4 atom stereocenters. The number of β-amino-alcohol motifs (C(OH)–C–C–N with tert-alkyl or cyclic N) is 1. The summed E-state index contributed by atoms with van der Waals surface area (Å²) in [5.41, 5.74) is -0.143. The number of carbonyl (C=O) groups excluding carboxylic acids is 2. The first kappa shape index (κ1) is 28.6. The lowest BCUT2D eigenvalue weighted by atomic mass is 9.98. The predicted octanol–water partition coefficient (Wildman–Crippen LogP) is 4.73. The van der Waals surface area contributed by atoms with Crippen molar-refractivity contribution in [3.63, 3.8) is 0 Å². The van der Waals surface area contributed by atoms with E-state index in [0.29, 0.717) is 68.1 Å². The largest absolute Gasteiger partial charge is 0.508 e. The van der Waals surface area contributed by atoms with Crippen LogP contribution in [0, 0.1) is 5.92 Å². The maximum Gasteiger partial charge on any atom is 0.416 e. The highest BCUT2D eigenvalue weighted by Crippen LogP contribution is 2.77. The maximum absolute atomic E-state index is 14.1. The van der Waals surface area contributed by atoms with Crippen molar-refractivity contribution in [2.75, 3.05) is 18.4 Å². The van der Waals surface area contributed by atoms with E-state index < -0.39 is 29.3 Å². The fourth-order valence-corrected chi connectivity index (χ4v) is 6.77. The standard InChI is InChI=1S/C32H31F3N4O5/c33-32(34,35)23-12-17(3-4-18(23)15-39-11-1-2-19(40)16-39)30(43)38-31-14-24(31)28(31)22-13-20(5-7-25(22)41)44-26-9-10-36-29-21(26)6-8-27(42)37-29/h3-5,7,9-10,12-13,19,24,28,40-41H,1-2,6,8,11,14-16H2,(H,38,43)(H,36,37,42)/t19-,24+,28-,31+/m1/s1. The summed E-state index contributed by atoms with van der Waals surface area (Å²) in [5.74, 6) is 0.638. The van der Waals surface area contributed by atoms with Gasteiger partial charge in [0.15, 0.2) is 0 Å². The molecule has 2 aromatic carbocycles. The molecule has 0 bridgehead atoms. The minimum Gasteiger partial charge on any atom is -0.508 e. The molecule has 7 rings (SSSR count). The number of hydrogen-bond donors (Lipinski definition) is 4. The summed E-state index contributed by atoms with van der Waals surface area (Å²) in [5, 5.41) is 26.3. The number of aliphatic hydroxyl groups excluding tert-OH is 1. The number of phenols is 1. The molecule has 3 heterocycles. The molecule has 0 spiro atoms. The summed E-state index contributed by atoms with van der Waals surface area (Å²) >= 11 is 0. The summed E-state index contributed by atoms with van der Waals surface area (Å²) < 4.78 is 48.3. The first-order valence-electron chi connectivity index (χ1n) is 14.7. The predicted molar refractivity (Wildman–Crippen MR) is 152 cm³/mol. The van der Waals surface area contributed by atoms with E-state index in [1.165, 1.54) is 24.4 Å². The van der Waals surface area contributed by atoms with Crippen LogP contribution in [0.3, 0.4) is 0 Å². The van der Waals surface area contributed by atoms with Crippen molar-refractivity contribution in [1.82, 2.24) is 15.2 Å². The van der Waals surface area contributed by atoms with Crippen molar-refractivity contribution in [2.45, 2.75) is 62.4 Å². The first-order valence-corrected chi connectivity index (χ1v) is 14.7. The van der Waals surface area contributed by atoms with Gasteiger partial charge in [-0.15, -0.1) is 0 Å². The zero-order valence-corrected chi connectivity index (χ0v) is 23.7. The van der Waals surface area contributed by atoms with Gasteiger partial charge in [-0.3, -0.25) is 14.5 Å². The molecule has 44 heavy (non-hydrogen) atoms. The zero-order valence-electron chi connectivity index (χ0n) is 23.7. The molecular formula is C32H31F3N4O5. The molecule has 230 valence electrons. The van der Waals surface area contributed by atoms with Crippen molar-refractivity contribution in [2.24, 2.45) is 5.92 Å². The number of nitrogens with one attached hydrogen (secondary N) is 2. The minimum atomic E-state index is -4.64. The van der Waals surface area contributed by atoms with E-state index in [9.17, 15) is 33.0 Å². The first-order chi connectivity index (χ1) is 21.0. The summed E-state index contributed by atoms with van der Waals surface area (Å²) in [6.45, 7) is 0.952. The van der Waals surface area contributed by atoms with Crippen LogP contribution in [0.15, 0.2) is 48.7 Å². The molecule has 0 unspecified atom stereocenters. The number of fused-ring (bicyclic) bond motifs is 2. The Labute approximate surface area is 251 Å². The van der Waals surface area contributed by atoms with E-state index in [1.54, 1.807) is 23.1 Å². The number of hydrogen-bond acceptors (Lipinski definition) is 7. The number of piperidine rings is 1. The van der Waals surface area contributed by atoms with Gasteiger partial charge in [-0.05, 0) is 80.1 Å². The van der Waals surface area contributed by atoms with Crippen molar-refractivity contribution in [3.8, 4) is 17.2 Å². The molecular weight excluding hydrogens is 577 g/mol. The smallest absolute Gasteiger partial charge is 0.416 e. The van der Waals surface area contributed by atoms with Gasteiger partial charge < -0.3 is 25.6 Å². The minimum absolute atomic E-state index is 0.0382. The maximum atomic E-state index is 14.1. The molecule has 9 nitrogen and oxygen atoms in total. The number of likely N-dealkylation sites (tertiary alicyclic amines) is 1. The van der Waals surface area contributed by atoms with Crippen LogP contribution in [-0.4, -0.2) is 56.6 Å². The van der Waals surface area contributed by atoms with Crippen molar-refractivity contribution >= 4 is 17.6 Å². The number of amides is 2. The third kappa shape index (κ3) is 5.26. The number of benzene rings is 2. The fraction of sp³-hybridized carbons (Fsp3) is 0.406. The average molecular weight is 609 g/mol. The van der Waals surface area contributed by atoms with E-state index in [-0.39, 0.29) is 41.2 Å². The number of aliphatic hydroxyl groups is 1. The summed E-state index contributed by atoms with van der Waals surface area (Å²) in [7, 11) is 0. The van der Waals surface area contributed by atoms with Crippen LogP contribution >= 0.6 is 0 Å². The lowest BCUT2D eigenvalue weighted by Gasteiger charge is -2.30. The highest BCUT2D eigenvalue weighted by atomic mass is 19.4. The molecule has 1 saturated heterocycles. The Bertz CT molecular complexity index is 1660. The molecule has 2 aliphatic heterocycles. The Balaban J connectivity index is 1.07. The Morgan fingerprint density at radius 2 is 2.02 bits per heavy atom. The number of nitrogens with zero attached hydrogens (tertiary/aromatic N) is 2. The van der Waals surface area contributed by atoms with E-state index in [2.05, 4.69) is 15.6 Å². The number of aromatic nitrogens is 1. The van der Waals surface area contributed by atoms with E-state index in [1.807, 2.05) is 0 Å². The molecule has 3 fully saturated rings. The van der Waals surface area contributed by atoms with Crippen LogP contribution < -0.4 is 15.4 Å². The molecule has 4 N–H and O–H groups in total. The second kappa shape index (κ2) is 10.5. The quantitative estimate of drug-likeness (QED) is 0.306. The van der Waals surface area contributed by atoms with Gasteiger partial charge in [-0.1, -0.05) is 6.07 Å². The molecule has 4 aliphatic rings. The lowest BCUT2D eigenvalue weighted by molar-refractivity contribution is -0.138. The van der Waals surface area contributed by atoms with E-state index in [4.69, 9.17) is 4.74 Å². The molecule has 0 radical (unpaired) electrons. The van der Waals surface area contributed by atoms with Gasteiger partial charge in [-0.2, -0.15) is 13.2 Å². The molecule has 2 amide bonds. The summed E-state index contributed by atoms with van der Waals surface area (Å²) in [6.07, 6.45) is -0.863. The molecule has 2 aliphatic carbocycles. The second-order valence-corrected chi connectivity index (χ2v) is 12.2. The SMILES string of the molecule is O=C1CCc2c(Oc3ccc(O)c([C@@H]4[C@@H]5C[C@@]45NC(=O)c4ccc(CN5CCC[C@@H](O)C5)c(C(F)(F)F)c4)c3)ccnc2N1. The Morgan fingerprint density at radius 3 is 2.80 bits per heavy atom. The van der Waals surface area contributed by atoms with E-state index >= 15 is 0 Å². The van der Waals surface area contributed by atoms with Crippen molar-refractivity contribution < 1.29 is 37.7 Å². The average Bonchev–Trinajstić information content (AvgIpc) is 3.84. The topological polar surface area (TPSA) is 124 Å². The zero-order chi connectivity index (χ0) is 30.8. The number of pyridine rings is 1. The number of carbonyl (C=O) groups is 2. The number of aromatic hydroxyl groups is 1. The van der Waals surface area contributed by atoms with Crippen LogP contribution in [-0.2, 0) is 23.9 Å². The van der Waals surface area contributed by atoms with Gasteiger partial charge in [0.05, 0.1) is 17.2 Å². The van der Waals surface area contributed by atoms with Crippen molar-refractivity contribution in [1.29, 1.82) is 0 Å². The van der Waals surface area contributed by atoms with Crippen LogP contribution in [0.5, 0.6) is 17.2 Å². The van der Waals surface area contributed by atoms with Gasteiger partial charge in [0.2, 0.25) is 5.91 Å². The van der Waals surface area contributed by atoms with Gasteiger partial charge in [0.1, 0.15) is 23.1 Å². The number of anilines is 1. The van der Waals surface area contributed by atoms with Crippen LogP contribution in [0.25, 0.3) is 0 Å². The summed E-state index contributed by atoms with van der Waals surface area (Å²) in [6, 6.07) is 10.2. The molecule has 2 saturated carbocycles. The van der Waals surface area contributed by atoms with Crippen molar-refractivity contribution in [3.05, 3.63) is 76.5 Å². The van der Waals surface area contributed by atoms with Gasteiger partial charge in [0, 0.05) is 48.3 Å². The third-order valence-corrected chi connectivity index (χ3v) is 9.24. The van der Waals surface area contributed by atoms with Gasteiger partial charge in [-0.25, -0.2) is 4.98 Å². The molecule has 3 aromatic rings. The van der Waals surface area contributed by atoms with Crippen LogP contribution in [0.4, 0.5) is 19.0 Å². The van der Waals surface area contributed by atoms with Gasteiger partial charge in [0.25, 0.3) is 5.91 Å². The number of phenolic OH excluding ortho intramolecular Hbond substituents is 1. The second-order valence-electron chi connectivity index (χ2n) is 12.2. The van der Waals surface area contributed by atoms with E-state index in [0.717, 1.165) is 11.6 Å². The Kier molecular flexibility index (Phi) is 6.81. The fourth-order valence-electron chi connectivity index (χ4n) is 6.77. The van der Waals surface area contributed by atoms with Crippen LogP contribution in [0.1, 0.15) is 64.2 Å². The normalized spacial score (nSPS) is 25.8. The number of halogens is 3. The summed E-state index contributed by atoms with van der Waals surface area (Å²) in [4.78, 5) is 31.0. The van der Waals surface area contributed by atoms with Crippen LogP contribution in [0.2, 0.25) is 0 Å². The third-order valence-electron chi connectivity index (χ3n) is 9.24. The number of alkyl halides is 3. The molecule has 12 heteroatoms. The Morgan fingerprint density at radius 1 is 1.18 bits per heavy atom. The monoisotopic (exact) mass is 608 g/mol. The molecule has 1 aromatic heterocycles.